The molecule has 3 nitrogen and oxygen atoms in total. The van der Waals surface area contributed by atoms with E-state index in [-0.39, 0.29) is 23.8 Å². The predicted octanol–water partition coefficient (Wildman–Crippen LogP) is 2.60. The minimum atomic E-state index is -0.369. The minimum absolute atomic E-state index is 0.0569. The molecule has 1 heterocycles. The quantitative estimate of drug-likeness (QED) is 0.770. The first-order chi connectivity index (χ1) is 8.44. The highest BCUT2D eigenvalue weighted by atomic mass is 32.2. The van der Waals surface area contributed by atoms with Gasteiger partial charge in [0.2, 0.25) is 0 Å². The summed E-state index contributed by atoms with van der Waals surface area (Å²) >= 11 is 1.64. The lowest BCUT2D eigenvalue weighted by Crippen LogP contribution is -2.42. The molecule has 1 aromatic rings. The molecular formula is C14H17NO2S. The fourth-order valence-corrected chi connectivity index (χ4v) is 2.67. The molecule has 2 rings (SSSR count). The summed E-state index contributed by atoms with van der Waals surface area (Å²) in [5.41, 5.74) is 0.280. The van der Waals surface area contributed by atoms with Gasteiger partial charge >= 0.3 is 0 Å². The van der Waals surface area contributed by atoms with Crippen molar-refractivity contribution in [1.29, 1.82) is 0 Å². The number of hydrogen-bond acceptors (Lipinski definition) is 3. The number of benzene rings is 1. The summed E-state index contributed by atoms with van der Waals surface area (Å²) in [6, 6.07) is 7.52. The van der Waals surface area contributed by atoms with Gasteiger partial charge in [-0.2, -0.15) is 0 Å². The van der Waals surface area contributed by atoms with Crippen LogP contribution in [0.1, 0.15) is 30.6 Å². The average molecular weight is 263 g/mol. The van der Waals surface area contributed by atoms with Crippen molar-refractivity contribution in [3.63, 3.8) is 0 Å². The zero-order valence-corrected chi connectivity index (χ0v) is 11.7. The first kappa shape index (κ1) is 13.1. The summed E-state index contributed by atoms with van der Waals surface area (Å²) in [4.78, 5) is 26.7. The summed E-state index contributed by atoms with van der Waals surface area (Å²) < 4.78 is 0. The summed E-state index contributed by atoms with van der Waals surface area (Å²) in [6.07, 6.45) is 2.45. The zero-order valence-electron chi connectivity index (χ0n) is 10.9. The maximum absolute atomic E-state index is 12.4. The van der Waals surface area contributed by atoms with E-state index in [4.69, 9.17) is 0 Å². The number of nitrogens with zero attached hydrogens (tertiary/aromatic N) is 1. The van der Waals surface area contributed by atoms with E-state index in [0.29, 0.717) is 12.0 Å². The number of amides is 1. The highest BCUT2D eigenvalue weighted by Gasteiger charge is 2.40. The van der Waals surface area contributed by atoms with Crippen molar-refractivity contribution in [3.8, 4) is 0 Å². The number of ketones is 1. The Morgan fingerprint density at radius 3 is 2.33 bits per heavy atom. The smallest absolute Gasteiger partial charge is 0.254 e. The number of Topliss-reactive ketones (excluding diaryl/α,β-unsaturated/α-hetero) is 1. The molecule has 0 aliphatic carbocycles. The molecule has 1 fully saturated rings. The minimum Gasteiger partial charge on any atom is -0.326 e. The summed E-state index contributed by atoms with van der Waals surface area (Å²) in [5.74, 6) is 0.0765. The van der Waals surface area contributed by atoms with Crippen molar-refractivity contribution in [1.82, 2.24) is 4.90 Å². The van der Waals surface area contributed by atoms with Gasteiger partial charge in [0.1, 0.15) is 0 Å². The number of carbonyl (C=O) groups is 2. The molecule has 96 valence electrons. The third-order valence-corrected chi connectivity index (χ3v) is 4.02. The van der Waals surface area contributed by atoms with Crippen molar-refractivity contribution in [2.45, 2.75) is 30.7 Å². The Morgan fingerprint density at radius 2 is 1.89 bits per heavy atom. The van der Waals surface area contributed by atoms with E-state index < -0.39 is 0 Å². The molecule has 1 aliphatic heterocycles. The molecule has 0 bridgehead atoms. The van der Waals surface area contributed by atoms with Gasteiger partial charge in [0.05, 0.1) is 6.54 Å². The van der Waals surface area contributed by atoms with E-state index >= 15 is 0 Å². The molecule has 0 N–H and O–H groups in total. The van der Waals surface area contributed by atoms with E-state index in [1.807, 2.05) is 44.4 Å². The molecule has 1 aromatic carbocycles. The molecule has 0 atom stereocenters. The molecule has 0 saturated carbocycles. The van der Waals surface area contributed by atoms with Gasteiger partial charge in [-0.15, -0.1) is 11.8 Å². The first-order valence-corrected chi connectivity index (χ1v) is 7.14. The van der Waals surface area contributed by atoms with Gasteiger partial charge in [-0.25, -0.2) is 0 Å². The topological polar surface area (TPSA) is 37.4 Å². The lowest BCUT2D eigenvalue weighted by atomic mass is 10.0. The Balaban J connectivity index is 2.23. The van der Waals surface area contributed by atoms with E-state index in [2.05, 4.69) is 0 Å². The Hall–Kier alpha value is -1.29. The second-order valence-corrected chi connectivity index (χ2v) is 6.03. The Labute approximate surface area is 112 Å². The highest BCUT2D eigenvalue weighted by Crippen LogP contribution is 2.28. The SMILES string of the molecule is CSc1ccc(C(=O)N2CC(=O)CC2(C)C)cc1. The van der Waals surface area contributed by atoms with E-state index in [1.165, 1.54) is 0 Å². The van der Waals surface area contributed by atoms with Crippen molar-refractivity contribution in [3.05, 3.63) is 29.8 Å². The van der Waals surface area contributed by atoms with Gasteiger partial charge in [0.25, 0.3) is 5.91 Å². The van der Waals surface area contributed by atoms with E-state index in [0.717, 1.165) is 4.90 Å². The Kier molecular flexibility index (Phi) is 3.48. The van der Waals surface area contributed by atoms with Crippen LogP contribution in [0.4, 0.5) is 0 Å². The van der Waals surface area contributed by atoms with Crippen LogP contribution in [0.5, 0.6) is 0 Å². The summed E-state index contributed by atoms with van der Waals surface area (Å²) in [6.45, 7) is 4.11. The van der Waals surface area contributed by atoms with Gasteiger partial charge in [0, 0.05) is 22.4 Å². The van der Waals surface area contributed by atoms with Gasteiger partial charge in [-0.05, 0) is 44.4 Å². The standard InChI is InChI=1S/C14H17NO2S/c1-14(2)8-11(16)9-15(14)13(17)10-4-6-12(18-3)7-5-10/h4-7H,8-9H2,1-3H3. The number of thioether (sulfide) groups is 1. The fraction of sp³-hybridized carbons (Fsp3) is 0.429. The monoisotopic (exact) mass is 263 g/mol. The van der Waals surface area contributed by atoms with Crippen molar-refractivity contribution >= 4 is 23.5 Å². The van der Waals surface area contributed by atoms with Crippen LogP contribution in [-0.4, -0.2) is 34.9 Å². The molecule has 1 amide bonds. The third kappa shape index (κ3) is 2.43. The maximum Gasteiger partial charge on any atom is 0.254 e. The Bertz CT molecular complexity index is 479. The van der Waals surface area contributed by atoms with Crippen molar-refractivity contribution in [2.24, 2.45) is 0 Å². The molecule has 0 unspecified atom stereocenters. The van der Waals surface area contributed by atoms with Crippen LogP contribution < -0.4 is 0 Å². The zero-order chi connectivity index (χ0) is 13.3. The third-order valence-electron chi connectivity index (χ3n) is 3.28. The lowest BCUT2D eigenvalue weighted by Gasteiger charge is -2.30. The number of hydrogen-bond donors (Lipinski definition) is 0. The molecule has 0 spiro atoms. The highest BCUT2D eigenvalue weighted by molar-refractivity contribution is 7.98. The maximum atomic E-state index is 12.4. The van der Waals surface area contributed by atoms with Gasteiger partial charge < -0.3 is 4.90 Å². The largest absolute Gasteiger partial charge is 0.326 e. The molecule has 0 aromatic heterocycles. The second-order valence-electron chi connectivity index (χ2n) is 5.15. The van der Waals surface area contributed by atoms with Crippen LogP contribution in [0.3, 0.4) is 0 Å². The van der Waals surface area contributed by atoms with E-state index in [9.17, 15) is 9.59 Å². The number of rotatable bonds is 2. The van der Waals surface area contributed by atoms with Crippen molar-refractivity contribution in [2.75, 3.05) is 12.8 Å². The van der Waals surface area contributed by atoms with Crippen LogP contribution in [0.25, 0.3) is 0 Å². The molecule has 18 heavy (non-hydrogen) atoms. The van der Waals surface area contributed by atoms with Gasteiger partial charge in [-0.1, -0.05) is 0 Å². The van der Waals surface area contributed by atoms with Crippen LogP contribution >= 0.6 is 11.8 Å². The molecule has 4 heteroatoms. The Morgan fingerprint density at radius 1 is 1.28 bits per heavy atom. The molecule has 1 saturated heterocycles. The first-order valence-electron chi connectivity index (χ1n) is 5.92. The summed E-state index contributed by atoms with van der Waals surface area (Å²) in [7, 11) is 0. The number of carbonyl (C=O) groups excluding carboxylic acids is 2. The van der Waals surface area contributed by atoms with Crippen LogP contribution in [0.2, 0.25) is 0 Å². The average Bonchev–Trinajstić information content (AvgIpc) is 2.61. The molecule has 1 aliphatic rings. The predicted molar refractivity (Wildman–Crippen MR) is 73.0 cm³/mol. The molecular weight excluding hydrogens is 246 g/mol. The van der Waals surface area contributed by atoms with Crippen LogP contribution in [0, 0.1) is 0 Å². The van der Waals surface area contributed by atoms with Crippen LogP contribution in [-0.2, 0) is 4.79 Å². The number of likely N-dealkylation sites (tertiary alicyclic amines) is 1. The molecule has 0 radical (unpaired) electrons. The second kappa shape index (κ2) is 4.76. The fourth-order valence-electron chi connectivity index (χ4n) is 2.26. The van der Waals surface area contributed by atoms with Gasteiger partial charge in [0.15, 0.2) is 5.78 Å². The van der Waals surface area contributed by atoms with Gasteiger partial charge in [-0.3, -0.25) is 9.59 Å². The van der Waals surface area contributed by atoms with Crippen molar-refractivity contribution < 1.29 is 9.59 Å². The summed E-state index contributed by atoms with van der Waals surface area (Å²) in [5, 5.41) is 0. The van der Waals surface area contributed by atoms with Crippen LogP contribution in [0.15, 0.2) is 29.2 Å². The van der Waals surface area contributed by atoms with E-state index in [1.54, 1.807) is 16.7 Å². The normalized spacial score (nSPS) is 18.2. The lowest BCUT2D eigenvalue weighted by molar-refractivity contribution is -0.116.